The second-order valence-corrected chi connectivity index (χ2v) is 7.10. The first-order valence-electron chi connectivity index (χ1n) is 9.39. The Morgan fingerprint density at radius 1 is 1.00 bits per heavy atom. The van der Waals surface area contributed by atoms with Crippen LogP contribution in [0.25, 0.3) is 22.4 Å². The minimum Gasteiger partial charge on any atom is -0.345 e. The summed E-state index contributed by atoms with van der Waals surface area (Å²) in [5.74, 6) is -0.473. The fraction of sp³-hybridized carbons (Fsp3) is 0.130. The minimum atomic E-state index is -0.333. The van der Waals surface area contributed by atoms with Crippen molar-refractivity contribution in [2.24, 2.45) is 0 Å². The summed E-state index contributed by atoms with van der Waals surface area (Å²) in [6, 6.07) is 18.1. The summed E-state index contributed by atoms with van der Waals surface area (Å²) in [5.41, 5.74) is 3.77. The molecule has 2 heterocycles. The van der Waals surface area contributed by atoms with Gasteiger partial charge in [0.1, 0.15) is 0 Å². The molecule has 0 aliphatic rings. The van der Waals surface area contributed by atoms with E-state index in [0.717, 1.165) is 5.56 Å². The Kier molecular flexibility index (Phi) is 5.02. The topological polar surface area (TPSA) is 88.3 Å². The molecule has 7 nitrogen and oxygen atoms in total. The van der Waals surface area contributed by atoms with Crippen LogP contribution in [0.5, 0.6) is 0 Å². The predicted molar refractivity (Wildman–Crippen MR) is 114 cm³/mol. The standard InChI is InChI=1S/C23H20N4O3/c1-14-20-18(13-19(25-22(20)30-26-14)15-8-5-4-6-9-15)21(28)24-17-11-7-10-16(12-17)23(29)27(2)3/h4-13H,1-3H3,(H,24,28). The molecule has 4 aromatic rings. The lowest BCUT2D eigenvalue weighted by Gasteiger charge is -2.12. The monoisotopic (exact) mass is 400 g/mol. The lowest BCUT2D eigenvalue weighted by molar-refractivity contribution is 0.0827. The number of aromatic nitrogens is 2. The van der Waals surface area contributed by atoms with E-state index in [4.69, 9.17) is 4.52 Å². The molecule has 0 aliphatic carbocycles. The van der Waals surface area contributed by atoms with E-state index >= 15 is 0 Å². The van der Waals surface area contributed by atoms with Gasteiger partial charge >= 0.3 is 0 Å². The van der Waals surface area contributed by atoms with Crippen molar-refractivity contribution in [2.45, 2.75) is 6.92 Å². The average Bonchev–Trinajstić information content (AvgIpc) is 3.14. The zero-order valence-corrected chi connectivity index (χ0v) is 16.8. The number of aryl methyl sites for hydroxylation is 1. The van der Waals surface area contributed by atoms with Gasteiger partial charge in [-0.25, -0.2) is 4.98 Å². The van der Waals surface area contributed by atoms with Crippen molar-refractivity contribution < 1.29 is 14.1 Å². The average molecular weight is 400 g/mol. The molecule has 30 heavy (non-hydrogen) atoms. The molecule has 0 unspecified atom stereocenters. The number of benzene rings is 2. The molecule has 2 aromatic carbocycles. The van der Waals surface area contributed by atoms with Crippen molar-refractivity contribution in [3.05, 3.63) is 77.5 Å². The number of pyridine rings is 1. The Balaban J connectivity index is 1.74. The van der Waals surface area contributed by atoms with Crippen molar-refractivity contribution in [3.63, 3.8) is 0 Å². The van der Waals surface area contributed by atoms with Gasteiger partial charge in [-0.15, -0.1) is 0 Å². The molecule has 2 aromatic heterocycles. The number of anilines is 1. The van der Waals surface area contributed by atoms with Crippen LogP contribution < -0.4 is 5.32 Å². The first-order valence-corrected chi connectivity index (χ1v) is 9.39. The molecule has 0 fully saturated rings. The Bertz CT molecular complexity index is 1250. The third kappa shape index (κ3) is 3.65. The van der Waals surface area contributed by atoms with Crippen LogP contribution in [0.3, 0.4) is 0 Å². The number of rotatable bonds is 4. The van der Waals surface area contributed by atoms with E-state index in [2.05, 4.69) is 15.5 Å². The van der Waals surface area contributed by atoms with Crippen LogP contribution in [0.15, 0.2) is 65.2 Å². The van der Waals surface area contributed by atoms with Gasteiger partial charge in [-0.2, -0.15) is 0 Å². The zero-order chi connectivity index (χ0) is 21.3. The third-order valence-electron chi connectivity index (χ3n) is 4.70. The molecule has 1 N–H and O–H groups in total. The van der Waals surface area contributed by atoms with Crippen molar-refractivity contribution in [3.8, 4) is 11.3 Å². The van der Waals surface area contributed by atoms with Crippen LogP contribution in [-0.2, 0) is 0 Å². The van der Waals surface area contributed by atoms with Crippen LogP contribution in [0.4, 0.5) is 5.69 Å². The minimum absolute atomic E-state index is 0.140. The van der Waals surface area contributed by atoms with Gasteiger partial charge in [0.15, 0.2) is 0 Å². The second kappa shape index (κ2) is 7.79. The van der Waals surface area contributed by atoms with E-state index in [0.29, 0.717) is 39.3 Å². The Labute approximate surface area is 173 Å². The predicted octanol–water partition coefficient (Wildman–Crippen LogP) is 4.15. The van der Waals surface area contributed by atoms with Gasteiger partial charge in [0.25, 0.3) is 17.5 Å². The highest BCUT2D eigenvalue weighted by Crippen LogP contribution is 2.27. The lowest BCUT2D eigenvalue weighted by atomic mass is 10.0. The summed E-state index contributed by atoms with van der Waals surface area (Å²) in [5, 5.41) is 7.41. The molecule has 150 valence electrons. The van der Waals surface area contributed by atoms with E-state index in [1.807, 2.05) is 30.3 Å². The number of hydrogen-bond donors (Lipinski definition) is 1. The summed E-state index contributed by atoms with van der Waals surface area (Å²) in [4.78, 5) is 31.4. The van der Waals surface area contributed by atoms with E-state index in [1.54, 1.807) is 51.4 Å². The molecule has 0 saturated heterocycles. The smallest absolute Gasteiger partial charge is 0.259 e. The normalized spacial score (nSPS) is 10.8. The van der Waals surface area contributed by atoms with Crippen molar-refractivity contribution >= 4 is 28.6 Å². The molecule has 7 heteroatoms. The third-order valence-corrected chi connectivity index (χ3v) is 4.70. The molecular weight excluding hydrogens is 380 g/mol. The highest BCUT2D eigenvalue weighted by molar-refractivity contribution is 6.13. The molecule has 4 rings (SSSR count). The summed E-state index contributed by atoms with van der Waals surface area (Å²) in [7, 11) is 3.36. The maximum absolute atomic E-state index is 13.2. The molecule has 0 bridgehead atoms. The lowest BCUT2D eigenvalue weighted by Crippen LogP contribution is -2.22. The Morgan fingerprint density at radius 2 is 1.77 bits per heavy atom. The maximum Gasteiger partial charge on any atom is 0.259 e. The summed E-state index contributed by atoms with van der Waals surface area (Å²) in [6.07, 6.45) is 0. The molecule has 0 saturated carbocycles. The highest BCUT2D eigenvalue weighted by atomic mass is 16.5. The molecule has 0 aliphatic heterocycles. The summed E-state index contributed by atoms with van der Waals surface area (Å²) < 4.78 is 5.34. The highest BCUT2D eigenvalue weighted by Gasteiger charge is 2.20. The number of amides is 2. The SMILES string of the molecule is Cc1noc2nc(-c3ccccc3)cc(C(=O)Nc3cccc(C(=O)N(C)C)c3)c12. The van der Waals surface area contributed by atoms with Gasteiger partial charge in [-0.3, -0.25) is 9.59 Å². The number of fused-ring (bicyclic) bond motifs is 1. The zero-order valence-electron chi connectivity index (χ0n) is 16.8. The number of nitrogens with zero attached hydrogens (tertiary/aromatic N) is 3. The molecule has 0 spiro atoms. The Morgan fingerprint density at radius 3 is 2.50 bits per heavy atom. The number of carbonyl (C=O) groups is 2. The van der Waals surface area contributed by atoms with E-state index < -0.39 is 0 Å². The van der Waals surface area contributed by atoms with Gasteiger partial charge < -0.3 is 14.7 Å². The van der Waals surface area contributed by atoms with E-state index in [-0.39, 0.29) is 11.8 Å². The van der Waals surface area contributed by atoms with E-state index in [1.165, 1.54) is 4.90 Å². The van der Waals surface area contributed by atoms with Gasteiger partial charge in [-0.1, -0.05) is 41.6 Å². The quantitative estimate of drug-likeness (QED) is 0.556. The van der Waals surface area contributed by atoms with Crippen molar-refractivity contribution in [2.75, 3.05) is 19.4 Å². The van der Waals surface area contributed by atoms with Gasteiger partial charge in [0.2, 0.25) is 0 Å². The van der Waals surface area contributed by atoms with Crippen LogP contribution in [-0.4, -0.2) is 41.0 Å². The first kappa shape index (κ1) is 19.3. The van der Waals surface area contributed by atoms with Gasteiger partial charge in [0.05, 0.1) is 22.3 Å². The number of nitrogens with one attached hydrogen (secondary N) is 1. The first-order chi connectivity index (χ1) is 14.4. The number of carbonyl (C=O) groups excluding carboxylic acids is 2. The largest absolute Gasteiger partial charge is 0.345 e. The van der Waals surface area contributed by atoms with Crippen molar-refractivity contribution in [1.29, 1.82) is 0 Å². The van der Waals surface area contributed by atoms with E-state index in [9.17, 15) is 9.59 Å². The number of hydrogen-bond acceptors (Lipinski definition) is 5. The second-order valence-electron chi connectivity index (χ2n) is 7.10. The molecular formula is C23H20N4O3. The van der Waals surface area contributed by atoms with Crippen LogP contribution >= 0.6 is 0 Å². The summed E-state index contributed by atoms with van der Waals surface area (Å²) >= 11 is 0. The maximum atomic E-state index is 13.2. The van der Waals surface area contributed by atoms with Gasteiger partial charge in [-0.05, 0) is 31.2 Å². The van der Waals surface area contributed by atoms with Crippen molar-refractivity contribution in [1.82, 2.24) is 15.0 Å². The van der Waals surface area contributed by atoms with Gasteiger partial charge in [0, 0.05) is 30.9 Å². The Hall–Kier alpha value is -4.00. The van der Waals surface area contributed by atoms with Crippen LogP contribution in [0.2, 0.25) is 0 Å². The molecule has 0 radical (unpaired) electrons. The van der Waals surface area contributed by atoms with Crippen LogP contribution in [0.1, 0.15) is 26.4 Å². The molecule has 0 atom stereocenters. The fourth-order valence-corrected chi connectivity index (χ4v) is 3.22. The molecule has 2 amide bonds. The summed E-state index contributed by atoms with van der Waals surface area (Å²) in [6.45, 7) is 1.77. The van der Waals surface area contributed by atoms with Crippen LogP contribution in [0, 0.1) is 6.92 Å². The fourth-order valence-electron chi connectivity index (χ4n) is 3.22.